The summed E-state index contributed by atoms with van der Waals surface area (Å²) in [6, 6.07) is -0.480. The predicted octanol–water partition coefficient (Wildman–Crippen LogP) is 2.02. The van der Waals surface area contributed by atoms with E-state index in [1.165, 1.54) is 26.4 Å². The van der Waals surface area contributed by atoms with Gasteiger partial charge in [-0.1, -0.05) is 20.8 Å². The van der Waals surface area contributed by atoms with Crippen molar-refractivity contribution >= 4 is 5.97 Å². The van der Waals surface area contributed by atoms with Crippen LogP contribution >= 0.6 is 0 Å². The van der Waals surface area contributed by atoms with E-state index in [4.69, 9.17) is 5.73 Å². The molecule has 0 aromatic heterocycles. The van der Waals surface area contributed by atoms with E-state index in [2.05, 4.69) is 30.4 Å². The maximum Gasteiger partial charge on any atom is 0.322 e. The van der Waals surface area contributed by atoms with E-state index >= 15 is 0 Å². The number of methoxy groups -OCH3 is 1. The Bertz CT molecular complexity index is 286. The van der Waals surface area contributed by atoms with Crippen molar-refractivity contribution < 1.29 is 9.53 Å². The molecule has 2 atom stereocenters. The molecular formula is C15H30N2O2. The molecule has 0 amide bonds. The number of likely N-dealkylation sites (tertiary alicyclic amines) is 1. The number of hydrogen-bond acceptors (Lipinski definition) is 4. The molecule has 2 unspecified atom stereocenters. The summed E-state index contributed by atoms with van der Waals surface area (Å²) in [5.74, 6) is 0.495. The van der Waals surface area contributed by atoms with Crippen molar-refractivity contribution in [3.63, 3.8) is 0 Å². The summed E-state index contributed by atoms with van der Waals surface area (Å²) < 4.78 is 4.66. The van der Waals surface area contributed by atoms with Gasteiger partial charge in [-0.3, -0.25) is 4.79 Å². The average Bonchev–Trinajstić information content (AvgIpc) is 2.59. The van der Waals surface area contributed by atoms with Gasteiger partial charge in [-0.2, -0.15) is 0 Å². The van der Waals surface area contributed by atoms with Crippen LogP contribution in [-0.4, -0.2) is 43.7 Å². The Morgan fingerprint density at radius 3 is 2.63 bits per heavy atom. The van der Waals surface area contributed by atoms with Crippen LogP contribution in [0.5, 0.6) is 0 Å². The van der Waals surface area contributed by atoms with Crippen molar-refractivity contribution in [3.05, 3.63) is 0 Å². The van der Waals surface area contributed by atoms with Gasteiger partial charge in [0, 0.05) is 6.54 Å². The summed E-state index contributed by atoms with van der Waals surface area (Å²) in [6.07, 6.45) is 4.49. The monoisotopic (exact) mass is 270 g/mol. The van der Waals surface area contributed by atoms with E-state index in [1.807, 2.05) is 0 Å². The lowest BCUT2D eigenvalue weighted by atomic mass is 9.77. The molecule has 1 saturated heterocycles. The SMILES string of the molecule is COC(=O)C(N)CCN1CCCC(C(C)(C)C)CC1. The minimum absolute atomic E-state index is 0.303. The lowest BCUT2D eigenvalue weighted by Gasteiger charge is -2.29. The average molecular weight is 270 g/mol. The fraction of sp³-hybridized carbons (Fsp3) is 0.933. The molecule has 0 radical (unpaired) electrons. The second-order valence-corrected chi connectivity index (χ2v) is 6.75. The van der Waals surface area contributed by atoms with Gasteiger partial charge in [-0.05, 0) is 50.1 Å². The number of hydrogen-bond donors (Lipinski definition) is 1. The summed E-state index contributed by atoms with van der Waals surface area (Å²) in [5, 5.41) is 0. The molecule has 4 heteroatoms. The highest BCUT2D eigenvalue weighted by Gasteiger charge is 2.27. The molecule has 0 saturated carbocycles. The Labute approximate surface area is 117 Å². The highest BCUT2D eigenvalue weighted by atomic mass is 16.5. The van der Waals surface area contributed by atoms with E-state index in [0.29, 0.717) is 11.8 Å². The first kappa shape index (κ1) is 16.4. The Morgan fingerprint density at radius 1 is 1.37 bits per heavy atom. The van der Waals surface area contributed by atoms with Crippen molar-refractivity contribution in [1.29, 1.82) is 0 Å². The van der Waals surface area contributed by atoms with Gasteiger partial charge in [0.2, 0.25) is 0 Å². The molecule has 4 nitrogen and oxygen atoms in total. The lowest BCUT2D eigenvalue weighted by Crippen LogP contribution is -2.37. The first-order valence-electron chi connectivity index (χ1n) is 7.40. The van der Waals surface area contributed by atoms with Gasteiger partial charge in [0.15, 0.2) is 0 Å². The van der Waals surface area contributed by atoms with Crippen molar-refractivity contribution in [1.82, 2.24) is 4.90 Å². The van der Waals surface area contributed by atoms with Crippen LogP contribution in [-0.2, 0) is 9.53 Å². The first-order valence-corrected chi connectivity index (χ1v) is 7.40. The smallest absolute Gasteiger partial charge is 0.322 e. The number of esters is 1. The summed E-state index contributed by atoms with van der Waals surface area (Å²) in [4.78, 5) is 13.7. The standard InChI is InChI=1S/C15H30N2O2/c1-15(2,3)12-6-5-9-17(10-7-12)11-8-13(16)14(18)19-4/h12-13H,5-11,16H2,1-4H3. The second-order valence-electron chi connectivity index (χ2n) is 6.75. The molecule has 1 aliphatic heterocycles. The molecule has 19 heavy (non-hydrogen) atoms. The molecule has 0 bridgehead atoms. The normalized spacial score (nSPS) is 23.7. The fourth-order valence-corrected chi connectivity index (χ4v) is 2.84. The molecule has 112 valence electrons. The third-order valence-corrected chi connectivity index (χ3v) is 4.31. The van der Waals surface area contributed by atoms with Crippen LogP contribution in [0.2, 0.25) is 0 Å². The van der Waals surface area contributed by atoms with Crippen LogP contribution in [0.4, 0.5) is 0 Å². The topological polar surface area (TPSA) is 55.6 Å². The van der Waals surface area contributed by atoms with E-state index in [9.17, 15) is 4.79 Å². The van der Waals surface area contributed by atoms with Gasteiger partial charge in [0.25, 0.3) is 0 Å². The number of carbonyl (C=O) groups is 1. The van der Waals surface area contributed by atoms with E-state index in [-0.39, 0.29) is 5.97 Å². The fourth-order valence-electron chi connectivity index (χ4n) is 2.84. The summed E-state index contributed by atoms with van der Waals surface area (Å²) in [6.45, 7) is 10.1. The van der Waals surface area contributed by atoms with Crippen molar-refractivity contribution in [2.24, 2.45) is 17.1 Å². The van der Waals surface area contributed by atoms with Gasteiger partial charge >= 0.3 is 5.97 Å². The lowest BCUT2D eigenvalue weighted by molar-refractivity contribution is -0.142. The number of rotatable bonds is 4. The molecule has 0 aromatic carbocycles. The third-order valence-electron chi connectivity index (χ3n) is 4.31. The summed E-state index contributed by atoms with van der Waals surface area (Å²) >= 11 is 0. The number of nitrogens with two attached hydrogens (primary N) is 1. The molecule has 0 spiro atoms. The molecular weight excluding hydrogens is 240 g/mol. The highest BCUT2D eigenvalue weighted by Crippen LogP contribution is 2.34. The van der Waals surface area contributed by atoms with Crippen molar-refractivity contribution in [2.75, 3.05) is 26.7 Å². The molecule has 1 fully saturated rings. The van der Waals surface area contributed by atoms with E-state index < -0.39 is 6.04 Å². The molecule has 1 heterocycles. The zero-order valence-corrected chi connectivity index (χ0v) is 12.9. The van der Waals surface area contributed by atoms with Crippen LogP contribution in [0.25, 0.3) is 0 Å². The first-order chi connectivity index (χ1) is 8.84. The van der Waals surface area contributed by atoms with Crippen LogP contribution in [0.3, 0.4) is 0 Å². The largest absolute Gasteiger partial charge is 0.468 e. The number of ether oxygens (including phenoxy) is 1. The predicted molar refractivity (Wildman–Crippen MR) is 77.8 cm³/mol. The maximum atomic E-state index is 11.3. The van der Waals surface area contributed by atoms with Crippen LogP contribution in [0.1, 0.15) is 46.5 Å². The summed E-state index contributed by atoms with van der Waals surface area (Å²) in [5.41, 5.74) is 6.18. The van der Waals surface area contributed by atoms with Crippen molar-refractivity contribution in [3.8, 4) is 0 Å². The van der Waals surface area contributed by atoms with Crippen LogP contribution < -0.4 is 5.73 Å². The zero-order valence-electron chi connectivity index (χ0n) is 12.9. The maximum absolute atomic E-state index is 11.3. The molecule has 0 aromatic rings. The van der Waals surface area contributed by atoms with Crippen LogP contribution in [0, 0.1) is 11.3 Å². The van der Waals surface area contributed by atoms with Crippen LogP contribution in [0.15, 0.2) is 0 Å². The third kappa shape index (κ3) is 5.49. The van der Waals surface area contributed by atoms with Gasteiger partial charge in [-0.15, -0.1) is 0 Å². The van der Waals surface area contributed by atoms with E-state index in [1.54, 1.807) is 0 Å². The van der Waals surface area contributed by atoms with E-state index in [0.717, 1.165) is 25.6 Å². The molecule has 1 aliphatic rings. The molecule has 0 aliphatic carbocycles. The Kier molecular flexibility index (Phi) is 6.27. The molecule has 2 N–H and O–H groups in total. The Hall–Kier alpha value is -0.610. The Morgan fingerprint density at radius 2 is 2.05 bits per heavy atom. The van der Waals surface area contributed by atoms with Gasteiger partial charge in [0.1, 0.15) is 6.04 Å². The van der Waals surface area contributed by atoms with Gasteiger partial charge in [0.05, 0.1) is 7.11 Å². The zero-order chi connectivity index (χ0) is 14.5. The quantitative estimate of drug-likeness (QED) is 0.794. The molecule has 1 rings (SSSR count). The van der Waals surface area contributed by atoms with Gasteiger partial charge < -0.3 is 15.4 Å². The minimum atomic E-state index is -0.480. The second kappa shape index (κ2) is 7.25. The van der Waals surface area contributed by atoms with Gasteiger partial charge in [-0.25, -0.2) is 0 Å². The van der Waals surface area contributed by atoms with Crippen molar-refractivity contribution in [2.45, 2.75) is 52.5 Å². The minimum Gasteiger partial charge on any atom is -0.468 e. The highest BCUT2D eigenvalue weighted by molar-refractivity contribution is 5.75. The number of carbonyl (C=O) groups excluding carboxylic acids is 1. The number of nitrogens with zero attached hydrogens (tertiary/aromatic N) is 1. The Balaban J connectivity index is 2.35. The summed E-state index contributed by atoms with van der Waals surface area (Å²) in [7, 11) is 1.39.